The lowest BCUT2D eigenvalue weighted by atomic mass is 9.90. The zero-order chi connectivity index (χ0) is 19.1. The fraction of sp³-hybridized carbons (Fsp3) is 0.571. The molecule has 1 saturated heterocycles. The number of likely N-dealkylation sites (tertiary alicyclic amines) is 1. The number of para-hydroxylation sites is 1. The van der Waals surface area contributed by atoms with Crippen LogP contribution in [0.1, 0.15) is 63.0 Å². The van der Waals surface area contributed by atoms with Gasteiger partial charge in [0.1, 0.15) is 0 Å². The van der Waals surface area contributed by atoms with E-state index in [1.54, 1.807) is 0 Å². The number of carbonyl (C=O) groups is 1. The summed E-state index contributed by atoms with van der Waals surface area (Å²) in [6.45, 7) is 2.37. The minimum Gasteiger partial charge on any atom is -0.368 e. The first-order chi connectivity index (χ1) is 13.2. The number of aromatic nitrogens is 2. The van der Waals surface area contributed by atoms with Crippen molar-refractivity contribution in [3.05, 3.63) is 30.0 Å². The molecule has 3 rings (SSSR count). The molecule has 0 saturated carbocycles. The molecule has 1 aromatic carbocycles. The Balaban J connectivity index is 1.51. The van der Waals surface area contributed by atoms with Crippen LogP contribution in [-0.2, 0) is 4.79 Å². The third-order valence-electron chi connectivity index (χ3n) is 5.48. The van der Waals surface area contributed by atoms with Gasteiger partial charge in [0.25, 0.3) is 0 Å². The number of nitrogens with zero attached hydrogens (tertiary/aromatic N) is 3. The van der Waals surface area contributed by atoms with Gasteiger partial charge in [-0.1, -0.05) is 37.5 Å². The highest BCUT2D eigenvalue weighted by atomic mass is 16.2. The van der Waals surface area contributed by atoms with Crippen LogP contribution < -0.4 is 11.5 Å². The van der Waals surface area contributed by atoms with Gasteiger partial charge in [0.2, 0.25) is 11.9 Å². The van der Waals surface area contributed by atoms with Crippen LogP contribution in [-0.4, -0.2) is 40.4 Å². The molecule has 0 unspecified atom stereocenters. The van der Waals surface area contributed by atoms with E-state index in [0.717, 1.165) is 68.3 Å². The number of anilines is 1. The van der Waals surface area contributed by atoms with E-state index in [9.17, 15) is 4.79 Å². The molecular weight excluding hydrogens is 338 g/mol. The van der Waals surface area contributed by atoms with Gasteiger partial charge < -0.3 is 16.4 Å². The Labute approximate surface area is 161 Å². The molecule has 1 aliphatic heterocycles. The number of nitrogen functional groups attached to an aromatic ring is 1. The topological polar surface area (TPSA) is 98.1 Å². The van der Waals surface area contributed by atoms with Gasteiger partial charge in [-0.2, -0.15) is 0 Å². The molecule has 6 heteroatoms. The van der Waals surface area contributed by atoms with Crippen molar-refractivity contribution in [1.29, 1.82) is 0 Å². The highest BCUT2D eigenvalue weighted by Gasteiger charge is 2.26. The number of piperidine rings is 1. The van der Waals surface area contributed by atoms with Gasteiger partial charge in [-0.05, 0) is 38.3 Å². The number of unbranched alkanes of at least 4 members (excludes halogenated alkanes) is 4. The normalized spacial score (nSPS) is 15.4. The monoisotopic (exact) mass is 369 g/mol. The van der Waals surface area contributed by atoms with Crippen LogP contribution >= 0.6 is 0 Å². The number of carbonyl (C=O) groups excluding carboxylic acids is 1. The van der Waals surface area contributed by atoms with Crippen LogP contribution in [0.2, 0.25) is 0 Å². The molecule has 1 aliphatic rings. The Kier molecular flexibility index (Phi) is 6.98. The van der Waals surface area contributed by atoms with Crippen LogP contribution in [0.4, 0.5) is 5.95 Å². The largest absolute Gasteiger partial charge is 0.368 e. The summed E-state index contributed by atoms with van der Waals surface area (Å²) in [5.74, 6) is 0.955. The SMILES string of the molecule is NCCCCCCCC(=O)N1CCC(c2nc(N)nc3ccccc23)CC1. The van der Waals surface area contributed by atoms with Gasteiger partial charge in [-0.15, -0.1) is 0 Å². The van der Waals surface area contributed by atoms with Crippen LogP contribution in [0.15, 0.2) is 24.3 Å². The molecule has 0 atom stereocenters. The summed E-state index contributed by atoms with van der Waals surface area (Å²) in [4.78, 5) is 23.3. The van der Waals surface area contributed by atoms with Crippen LogP contribution in [0.5, 0.6) is 0 Å². The molecule has 27 heavy (non-hydrogen) atoms. The second kappa shape index (κ2) is 9.65. The first-order valence-corrected chi connectivity index (χ1v) is 10.2. The molecule has 0 bridgehead atoms. The molecule has 6 nitrogen and oxygen atoms in total. The minimum absolute atomic E-state index is 0.291. The van der Waals surface area contributed by atoms with Crippen molar-refractivity contribution in [2.24, 2.45) is 5.73 Å². The third-order valence-corrected chi connectivity index (χ3v) is 5.48. The van der Waals surface area contributed by atoms with E-state index in [0.29, 0.717) is 24.2 Å². The van der Waals surface area contributed by atoms with E-state index in [-0.39, 0.29) is 0 Å². The van der Waals surface area contributed by atoms with Gasteiger partial charge in [-0.3, -0.25) is 4.79 Å². The summed E-state index contributed by atoms with van der Waals surface area (Å²) in [5, 5.41) is 1.08. The summed E-state index contributed by atoms with van der Waals surface area (Å²) < 4.78 is 0. The second-order valence-corrected chi connectivity index (χ2v) is 7.45. The summed E-state index contributed by atoms with van der Waals surface area (Å²) >= 11 is 0. The fourth-order valence-electron chi connectivity index (χ4n) is 3.94. The Morgan fingerprint density at radius 1 is 1.04 bits per heavy atom. The molecule has 1 amide bonds. The molecule has 2 heterocycles. The zero-order valence-corrected chi connectivity index (χ0v) is 16.1. The number of nitrogens with two attached hydrogens (primary N) is 2. The van der Waals surface area contributed by atoms with Crippen molar-refractivity contribution in [2.75, 3.05) is 25.4 Å². The Bertz CT molecular complexity index is 755. The lowest BCUT2D eigenvalue weighted by Crippen LogP contribution is -2.38. The van der Waals surface area contributed by atoms with Crippen molar-refractivity contribution >= 4 is 22.8 Å². The molecule has 0 spiro atoms. The predicted molar refractivity (Wildman–Crippen MR) is 109 cm³/mol. The molecule has 146 valence electrons. The molecule has 0 radical (unpaired) electrons. The van der Waals surface area contributed by atoms with E-state index in [4.69, 9.17) is 11.5 Å². The Hall–Kier alpha value is -2.21. The predicted octanol–water partition coefficient (Wildman–Crippen LogP) is 3.22. The average molecular weight is 370 g/mol. The summed E-state index contributed by atoms with van der Waals surface area (Å²) in [5.41, 5.74) is 13.3. The van der Waals surface area contributed by atoms with Crippen LogP contribution in [0.25, 0.3) is 10.9 Å². The number of amides is 1. The highest BCUT2D eigenvalue weighted by Crippen LogP contribution is 2.32. The smallest absolute Gasteiger partial charge is 0.222 e. The lowest BCUT2D eigenvalue weighted by molar-refractivity contribution is -0.132. The van der Waals surface area contributed by atoms with Gasteiger partial charge in [0, 0.05) is 30.8 Å². The van der Waals surface area contributed by atoms with E-state index >= 15 is 0 Å². The van der Waals surface area contributed by atoms with Crippen LogP contribution in [0, 0.1) is 0 Å². The Morgan fingerprint density at radius 2 is 1.74 bits per heavy atom. The number of hydrogen-bond donors (Lipinski definition) is 2. The minimum atomic E-state index is 0.291. The summed E-state index contributed by atoms with van der Waals surface area (Å²) in [6.07, 6.45) is 8.07. The van der Waals surface area contributed by atoms with E-state index in [2.05, 4.69) is 16.0 Å². The maximum Gasteiger partial charge on any atom is 0.222 e. The maximum absolute atomic E-state index is 12.5. The number of rotatable bonds is 8. The van der Waals surface area contributed by atoms with Crippen LogP contribution in [0.3, 0.4) is 0 Å². The van der Waals surface area contributed by atoms with E-state index in [1.165, 1.54) is 12.8 Å². The standard InChI is InChI=1S/C21H31N5O/c22-13-7-3-1-2-4-10-19(27)26-14-11-16(12-15-26)20-17-8-5-6-9-18(17)24-21(23)25-20/h5-6,8-9,16H,1-4,7,10-15,22H2,(H2,23,24,25). The summed E-state index contributed by atoms with van der Waals surface area (Å²) in [6, 6.07) is 8.02. The van der Waals surface area contributed by atoms with E-state index in [1.807, 2.05) is 23.1 Å². The van der Waals surface area contributed by atoms with Crippen molar-refractivity contribution in [3.8, 4) is 0 Å². The van der Waals surface area contributed by atoms with Gasteiger partial charge in [-0.25, -0.2) is 9.97 Å². The first kappa shape index (κ1) is 19.5. The lowest BCUT2D eigenvalue weighted by Gasteiger charge is -2.32. The quantitative estimate of drug-likeness (QED) is 0.696. The number of fused-ring (bicyclic) bond motifs is 1. The van der Waals surface area contributed by atoms with Crippen molar-refractivity contribution in [3.63, 3.8) is 0 Å². The molecule has 0 aliphatic carbocycles. The van der Waals surface area contributed by atoms with Crippen molar-refractivity contribution in [2.45, 2.75) is 57.3 Å². The molecule has 4 N–H and O–H groups in total. The highest BCUT2D eigenvalue weighted by molar-refractivity contribution is 5.82. The second-order valence-electron chi connectivity index (χ2n) is 7.45. The molecule has 1 aromatic heterocycles. The van der Waals surface area contributed by atoms with Crippen molar-refractivity contribution in [1.82, 2.24) is 14.9 Å². The summed E-state index contributed by atoms with van der Waals surface area (Å²) in [7, 11) is 0. The number of benzene rings is 1. The molecule has 2 aromatic rings. The molecular formula is C21H31N5O. The van der Waals surface area contributed by atoms with Gasteiger partial charge >= 0.3 is 0 Å². The average Bonchev–Trinajstić information content (AvgIpc) is 2.70. The van der Waals surface area contributed by atoms with Crippen molar-refractivity contribution < 1.29 is 4.79 Å². The van der Waals surface area contributed by atoms with E-state index < -0.39 is 0 Å². The maximum atomic E-state index is 12.5. The zero-order valence-electron chi connectivity index (χ0n) is 16.1. The first-order valence-electron chi connectivity index (χ1n) is 10.2. The fourth-order valence-corrected chi connectivity index (χ4v) is 3.94. The third kappa shape index (κ3) is 5.16. The molecule has 1 fully saturated rings. The van der Waals surface area contributed by atoms with Gasteiger partial charge in [0.05, 0.1) is 11.2 Å². The number of hydrogen-bond acceptors (Lipinski definition) is 5. The van der Waals surface area contributed by atoms with Gasteiger partial charge in [0.15, 0.2) is 0 Å². The Morgan fingerprint density at radius 3 is 2.52 bits per heavy atom.